The lowest BCUT2D eigenvalue weighted by Crippen LogP contribution is -2.40. The number of benzene rings is 1. The molecule has 1 unspecified atom stereocenters. The first kappa shape index (κ1) is 13.3. The lowest BCUT2D eigenvalue weighted by atomic mass is 10.0. The maximum absolute atomic E-state index is 11.2. The van der Waals surface area contributed by atoms with Crippen molar-refractivity contribution in [1.82, 2.24) is 0 Å². The lowest BCUT2D eigenvalue weighted by Gasteiger charge is -2.26. The van der Waals surface area contributed by atoms with Crippen LogP contribution in [0.1, 0.15) is 25.8 Å². The molecule has 0 aliphatic carbocycles. The van der Waals surface area contributed by atoms with Gasteiger partial charge in [-0.15, -0.1) is 6.58 Å². The van der Waals surface area contributed by atoms with Gasteiger partial charge < -0.3 is 9.84 Å². The third kappa shape index (κ3) is 3.09. The highest BCUT2D eigenvalue weighted by atomic mass is 16.5. The Morgan fingerprint density at radius 3 is 2.71 bits per heavy atom. The van der Waals surface area contributed by atoms with Crippen LogP contribution in [0.15, 0.2) is 36.9 Å². The Hall–Kier alpha value is -1.77. The molecule has 0 aliphatic rings. The van der Waals surface area contributed by atoms with Crippen molar-refractivity contribution in [1.29, 1.82) is 0 Å². The molecule has 3 nitrogen and oxygen atoms in total. The fourth-order valence-corrected chi connectivity index (χ4v) is 1.44. The Morgan fingerprint density at radius 2 is 2.18 bits per heavy atom. The summed E-state index contributed by atoms with van der Waals surface area (Å²) >= 11 is 0. The molecule has 1 rings (SSSR count). The molecule has 0 amide bonds. The molecule has 0 saturated heterocycles. The van der Waals surface area contributed by atoms with Crippen molar-refractivity contribution in [2.24, 2.45) is 0 Å². The van der Waals surface area contributed by atoms with Gasteiger partial charge in [0.25, 0.3) is 0 Å². The van der Waals surface area contributed by atoms with Crippen LogP contribution in [0.3, 0.4) is 0 Å². The molecule has 1 aromatic rings. The Labute approximate surface area is 102 Å². The van der Waals surface area contributed by atoms with E-state index in [0.717, 1.165) is 5.56 Å². The second-order valence-electron chi connectivity index (χ2n) is 4.09. The second kappa shape index (κ2) is 5.53. The smallest absolute Gasteiger partial charge is 0.347 e. The molecule has 0 aliphatic heterocycles. The Bertz CT molecular complexity index is 412. The van der Waals surface area contributed by atoms with Crippen LogP contribution in [0.2, 0.25) is 0 Å². The number of allylic oxidation sites excluding steroid dienone is 1. The average Bonchev–Trinajstić information content (AvgIpc) is 2.31. The van der Waals surface area contributed by atoms with Gasteiger partial charge >= 0.3 is 5.97 Å². The maximum atomic E-state index is 11.2. The second-order valence-corrected chi connectivity index (χ2v) is 4.09. The van der Waals surface area contributed by atoms with E-state index in [9.17, 15) is 4.79 Å². The molecule has 0 saturated carbocycles. The zero-order valence-corrected chi connectivity index (χ0v) is 10.3. The zero-order chi connectivity index (χ0) is 12.9. The molecule has 0 fully saturated rings. The minimum absolute atomic E-state index is 0.407. The SMILES string of the molecule is C=CCc1ccccc1OC(C)(CC)C(=O)O. The quantitative estimate of drug-likeness (QED) is 0.769. The number of carboxylic acid groups (broad SMARTS) is 1. The molecular weight excluding hydrogens is 216 g/mol. The van der Waals surface area contributed by atoms with Gasteiger partial charge in [-0.25, -0.2) is 4.79 Å². The van der Waals surface area contributed by atoms with E-state index in [2.05, 4.69) is 6.58 Å². The van der Waals surface area contributed by atoms with Gasteiger partial charge in [0.1, 0.15) is 5.75 Å². The number of rotatable bonds is 6. The molecule has 3 heteroatoms. The topological polar surface area (TPSA) is 46.5 Å². The van der Waals surface area contributed by atoms with Gasteiger partial charge in [0.05, 0.1) is 0 Å². The number of carbonyl (C=O) groups is 1. The zero-order valence-electron chi connectivity index (χ0n) is 10.3. The van der Waals surface area contributed by atoms with Gasteiger partial charge in [-0.2, -0.15) is 0 Å². The van der Waals surface area contributed by atoms with Crippen LogP contribution in [0.4, 0.5) is 0 Å². The largest absolute Gasteiger partial charge is 0.478 e. The van der Waals surface area contributed by atoms with Gasteiger partial charge in [-0.3, -0.25) is 0 Å². The van der Waals surface area contributed by atoms with Crippen molar-refractivity contribution >= 4 is 5.97 Å². The Morgan fingerprint density at radius 1 is 1.53 bits per heavy atom. The molecule has 0 bridgehead atoms. The number of hydrogen-bond donors (Lipinski definition) is 1. The summed E-state index contributed by atoms with van der Waals surface area (Å²) in [7, 11) is 0. The fourth-order valence-electron chi connectivity index (χ4n) is 1.44. The summed E-state index contributed by atoms with van der Waals surface area (Å²) in [6.07, 6.45) is 2.84. The van der Waals surface area contributed by atoms with Gasteiger partial charge in [0, 0.05) is 0 Å². The monoisotopic (exact) mass is 234 g/mol. The summed E-state index contributed by atoms with van der Waals surface area (Å²) in [5.74, 6) is -0.340. The van der Waals surface area contributed by atoms with Crippen LogP contribution in [0, 0.1) is 0 Å². The normalized spacial score (nSPS) is 13.8. The molecule has 0 spiro atoms. The summed E-state index contributed by atoms with van der Waals surface area (Å²) in [6.45, 7) is 7.06. The molecule has 1 atom stereocenters. The number of ether oxygens (including phenoxy) is 1. The predicted molar refractivity (Wildman–Crippen MR) is 67.3 cm³/mol. The Balaban J connectivity index is 3.01. The van der Waals surface area contributed by atoms with Gasteiger partial charge in [-0.1, -0.05) is 31.2 Å². The van der Waals surface area contributed by atoms with E-state index in [4.69, 9.17) is 9.84 Å². The van der Waals surface area contributed by atoms with Gasteiger partial charge in [0.15, 0.2) is 0 Å². The third-order valence-electron chi connectivity index (χ3n) is 2.80. The first-order valence-electron chi connectivity index (χ1n) is 5.64. The van der Waals surface area contributed by atoms with Crippen LogP contribution in [-0.4, -0.2) is 16.7 Å². The van der Waals surface area contributed by atoms with Crippen molar-refractivity contribution < 1.29 is 14.6 Å². The highest BCUT2D eigenvalue weighted by molar-refractivity contribution is 5.77. The number of para-hydroxylation sites is 1. The molecule has 0 heterocycles. The van der Waals surface area contributed by atoms with Crippen LogP contribution in [0.5, 0.6) is 5.75 Å². The molecule has 92 valence electrons. The Kier molecular flexibility index (Phi) is 4.32. The number of aliphatic carboxylic acids is 1. The van der Waals surface area contributed by atoms with E-state index >= 15 is 0 Å². The first-order chi connectivity index (χ1) is 8.03. The van der Waals surface area contributed by atoms with Crippen molar-refractivity contribution in [2.75, 3.05) is 0 Å². The van der Waals surface area contributed by atoms with Crippen LogP contribution < -0.4 is 4.74 Å². The van der Waals surface area contributed by atoms with Crippen LogP contribution in [-0.2, 0) is 11.2 Å². The number of hydrogen-bond acceptors (Lipinski definition) is 2. The van der Waals surface area contributed by atoms with E-state index in [-0.39, 0.29) is 0 Å². The highest BCUT2D eigenvalue weighted by Gasteiger charge is 2.33. The summed E-state index contributed by atoms with van der Waals surface area (Å²) in [5.41, 5.74) is -0.236. The van der Waals surface area contributed by atoms with Crippen molar-refractivity contribution in [3.63, 3.8) is 0 Å². The minimum atomic E-state index is -1.18. The van der Waals surface area contributed by atoms with E-state index in [1.54, 1.807) is 26.0 Å². The summed E-state index contributed by atoms with van der Waals surface area (Å²) < 4.78 is 5.65. The predicted octanol–water partition coefficient (Wildman–Crippen LogP) is 3.05. The number of carboxylic acids is 1. The minimum Gasteiger partial charge on any atom is -0.478 e. The molecule has 0 aromatic heterocycles. The summed E-state index contributed by atoms with van der Waals surface area (Å²) in [6, 6.07) is 7.43. The fraction of sp³-hybridized carbons (Fsp3) is 0.357. The van der Waals surface area contributed by atoms with E-state index in [1.807, 2.05) is 18.2 Å². The molecule has 0 radical (unpaired) electrons. The van der Waals surface area contributed by atoms with Crippen LogP contribution >= 0.6 is 0 Å². The third-order valence-corrected chi connectivity index (χ3v) is 2.80. The molecule has 1 N–H and O–H groups in total. The van der Waals surface area contributed by atoms with Gasteiger partial charge in [0.2, 0.25) is 5.60 Å². The molecule has 17 heavy (non-hydrogen) atoms. The lowest BCUT2D eigenvalue weighted by molar-refractivity contribution is -0.154. The van der Waals surface area contributed by atoms with E-state index in [1.165, 1.54) is 0 Å². The van der Waals surface area contributed by atoms with E-state index < -0.39 is 11.6 Å². The van der Waals surface area contributed by atoms with E-state index in [0.29, 0.717) is 18.6 Å². The summed E-state index contributed by atoms with van der Waals surface area (Å²) in [5, 5.41) is 9.17. The summed E-state index contributed by atoms with van der Waals surface area (Å²) in [4.78, 5) is 11.2. The van der Waals surface area contributed by atoms with Crippen LogP contribution in [0.25, 0.3) is 0 Å². The van der Waals surface area contributed by atoms with Crippen molar-refractivity contribution in [3.05, 3.63) is 42.5 Å². The molecule has 1 aromatic carbocycles. The average molecular weight is 234 g/mol. The standard InChI is InChI=1S/C14H18O3/c1-4-8-11-9-6-7-10-12(11)17-14(3,5-2)13(15)16/h4,6-7,9-10H,1,5,8H2,2-3H3,(H,15,16). The van der Waals surface area contributed by atoms with Crippen molar-refractivity contribution in [2.45, 2.75) is 32.3 Å². The van der Waals surface area contributed by atoms with Crippen molar-refractivity contribution in [3.8, 4) is 5.75 Å². The molecular formula is C14H18O3. The maximum Gasteiger partial charge on any atom is 0.347 e. The first-order valence-corrected chi connectivity index (χ1v) is 5.64. The van der Waals surface area contributed by atoms with Gasteiger partial charge in [-0.05, 0) is 31.4 Å². The highest BCUT2D eigenvalue weighted by Crippen LogP contribution is 2.25.